The Morgan fingerprint density at radius 2 is 2.41 bits per heavy atom. The lowest BCUT2D eigenvalue weighted by atomic mass is 10.2. The summed E-state index contributed by atoms with van der Waals surface area (Å²) in [5.41, 5.74) is 5.78. The van der Waals surface area contributed by atoms with Crippen LogP contribution in [-0.2, 0) is 11.3 Å². The van der Waals surface area contributed by atoms with Gasteiger partial charge in [0.05, 0.1) is 12.4 Å². The van der Waals surface area contributed by atoms with Crippen LogP contribution in [0.15, 0.2) is 18.7 Å². The molecule has 3 N–H and O–H groups in total. The second-order valence-electron chi connectivity index (χ2n) is 4.06. The van der Waals surface area contributed by atoms with Gasteiger partial charge in [-0.15, -0.1) is 0 Å². The largest absolute Gasteiger partial charge is 0.351 e. The van der Waals surface area contributed by atoms with Crippen molar-refractivity contribution in [3.8, 4) is 0 Å². The van der Waals surface area contributed by atoms with Gasteiger partial charge in [-0.3, -0.25) is 4.79 Å². The molecule has 0 saturated heterocycles. The molecule has 0 bridgehead atoms. The number of carbonyl (C=O) groups excluding carboxylic acids is 1. The number of hydrogen-bond acceptors (Lipinski definition) is 4. The number of rotatable bonds is 7. The van der Waals surface area contributed by atoms with Crippen molar-refractivity contribution < 1.29 is 4.79 Å². The molecule has 5 nitrogen and oxygen atoms in total. The van der Waals surface area contributed by atoms with E-state index in [2.05, 4.69) is 10.3 Å². The smallest absolute Gasteiger partial charge is 0.237 e. The summed E-state index contributed by atoms with van der Waals surface area (Å²) >= 11 is 1.70. The fraction of sp³-hybridized carbons (Fsp3) is 0.636. The fourth-order valence-electron chi connectivity index (χ4n) is 1.48. The average Bonchev–Trinajstić information content (AvgIpc) is 2.78. The number of amides is 1. The Morgan fingerprint density at radius 1 is 1.65 bits per heavy atom. The second-order valence-corrected chi connectivity index (χ2v) is 5.04. The van der Waals surface area contributed by atoms with E-state index in [4.69, 9.17) is 5.73 Å². The SMILES string of the molecule is CSCC[C@@H](N)C(=O)NC(C)Cn1ccnc1. The van der Waals surface area contributed by atoms with Crippen molar-refractivity contribution in [3.05, 3.63) is 18.7 Å². The lowest BCUT2D eigenvalue weighted by molar-refractivity contribution is -0.123. The number of nitrogens with one attached hydrogen (secondary N) is 1. The van der Waals surface area contributed by atoms with Crippen LogP contribution in [0, 0.1) is 0 Å². The van der Waals surface area contributed by atoms with Gasteiger partial charge in [0, 0.05) is 25.0 Å². The van der Waals surface area contributed by atoms with E-state index in [9.17, 15) is 4.79 Å². The summed E-state index contributed by atoms with van der Waals surface area (Å²) in [5.74, 6) is 0.830. The number of aromatic nitrogens is 2. The quantitative estimate of drug-likeness (QED) is 0.744. The zero-order chi connectivity index (χ0) is 12.7. The Balaban J connectivity index is 2.30. The second kappa shape index (κ2) is 7.34. The minimum absolute atomic E-state index is 0.0528. The molecular weight excluding hydrogens is 236 g/mol. The molecule has 1 unspecified atom stereocenters. The molecule has 0 aliphatic heterocycles. The zero-order valence-electron chi connectivity index (χ0n) is 10.3. The van der Waals surface area contributed by atoms with Gasteiger partial charge in [-0.05, 0) is 25.4 Å². The number of hydrogen-bond donors (Lipinski definition) is 2. The fourth-order valence-corrected chi connectivity index (χ4v) is 1.97. The lowest BCUT2D eigenvalue weighted by Gasteiger charge is -2.17. The van der Waals surface area contributed by atoms with Crippen molar-refractivity contribution in [1.82, 2.24) is 14.9 Å². The van der Waals surface area contributed by atoms with Crippen molar-refractivity contribution in [2.24, 2.45) is 5.73 Å². The minimum atomic E-state index is -0.410. The Morgan fingerprint density at radius 3 is 3.00 bits per heavy atom. The first-order chi connectivity index (χ1) is 8.13. The molecule has 0 aromatic carbocycles. The van der Waals surface area contributed by atoms with Crippen molar-refractivity contribution in [2.45, 2.75) is 32.0 Å². The molecule has 0 fully saturated rings. The zero-order valence-corrected chi connectivity index (χ0v) is 11.1. The topological polar surface area (TPSA) is 72.9 Å². The molecule has 0 spiro atoms. The summed E-state index contributed by atoms with van der Waals surface area (Å²) in [4.78, 5) is 15.7. The van der Waals surface area contributed by atoms with Gasteiger partial charge in [-0.25, -0.2) is 4.98 Å². The van der Waals surface area contributed by atoms with Gasteiger partial charge in [0.25, 0.3) is 0 Å². The predicted molar refractivity (Wildman–Crippen MR) is 70.8 cm³/mol. The van der Waals surface area contributed by atoms with Crippen LogP contribution >= 0.6 is 11.8 Å². The molecule has 0 aliphatic carbocycles. The van der Waals surface area contributed by atoms with Crippen LogP contribution in [0.1, 0.15) is 13.3 Å². The maximum absolute atomic E-state index is 11.7. The van der Waals surface area contributed by atoms with Crippen LogP contribution in [0.5, 0.6) is 0 Å². The van der Waals surface area contributed by atoms with Gasteiger partial charge in [0.2, 0.25) is 5.91 Å². The summed E-state index contributed by atoms with van der Waals surface area (Å²) in [6, 6.07) is -0.357. The number of thioether (sulfide) groups is 1. The molecule has 6 heteroatoms. The van der Waals surface area contributed by atoms with Crippen molar-refractivity contribution in [1.29, 1.82) is 0 Å². The van der Waals surface area contributed by atoms with E-state index in [1.807, 2.05) is 23.9 Å². The molecule has 17 heavy (non-hydrogen) atoms. The number of nitrogens with zero attached hydrogens (tertiary/aromatic N) is 2. The highest BCUT2D eigenvalue weighted by Crippen LogP contribution is 1.99. The lowest BCUT2D eigenvalue weighted by Crippen LogP contribution is -2.45. The molecule has 1 heterocycles. The van der Waals surface area contributed by atoms with Crippen LogP contribution < -0.4 is 11.1 Å². The predicted octanol–water partition coefficient (Wildman–Crippen LogP) is 0.468. The first-order valence-electron chi connectivity index (χ1n) is 5.64. The minimum Gasteiger partial charge on any atom is -0.351 e. The molecule has 0 aliphatic rings. The van der Waals surface area contributed by atoms with E-state index in [-0.39, 0.29) is 11.9 Å². The van der Waals surface area contributed by atoms with Crippen molar-refractivity contribution in [3.63, 3.8) is 0 Å². The molecule has 1 rings (SSSR count). The van der Waals surface area contributed by atoms with Crippen LogP contribution in [-0.4, -0.2) is 39.6 Å². The molecule has 96 valence electrons. The molecule has 0 saturated carbocycles. The molecule has 2 atom stereocenters. The van der Waals surface area contributed by atoms with Crippen LogP contribution in [0.3, 0.4) is 0 Å². The number of nitrogens with two attached hydrogens (primary N) is 1. The van der Waals surface area contributed by atoms with Gasteiger partial charge in [0.15, 0.2) is 0 Å². The summed E-state index contributed by atoms with van der Waals surface area (Å²) in [6.45, 7) is 2.67. The van der Waals surface area contributed by atoms with Crippen LogP contribution in [0.25, 0.3) is 0 Å². The van der Waals surface area contributed by atoms with Crippen molar-refractivity contribution in [2.75, 3.05) is 12.0 Å². The Kier molecular flexibility index (Phi) is 6.07. The Bertz CT molecular complexity index is 328. The van der Waals surface area contributed by atoms with E-state index in [0.717, 1.165) is 5.75 Å². The third-order valence-electron chi connectivity index (χ3n) is 2.40. The van der Waals surface area contributed by atoms with Crippen molar-refractivity contribution >= 4 is 17.7 Å². The summed E-state index contributed by atoms with van der Waals surface area (Å²) in [5, 5.41) is 2.91. The standard InChI is InChI=1S/C11H20N4OS/c1-9(7-15-5-4-13-8-15)14-11(16)10(12)3-6-17-2/h4-5,8-10H,3,6-7,12H2,1-2H3,(H,14,16)/t9?,10-/m1/s1. The highest BCUT2D eigenvalue weighted by Gasteiger charge is 2.15. The third kappa shape index (κ3) is 5.23. The molecular formula is C11H20N4OS. The average molecular weight is 256 g/mol. The molecule has 1 aromatic rings. The van der Waals surface area contributed by atoms with E-state index in [1.54, 1.807) is 24.3 Å². The molecule has 1 aromatic heterocycles. The number of carbonyl (C=O) groups is 1. The van der Waals surface area contributed by atoms with Gasteiger partial charge in [-0.2, -0.15) is 11.8 Å². The normalized spacial score (nSPS) is 14.3. The van der Waals surface area contributed by atoms with E-state index < -0.39 is 6.04 Å². The maximum Gasteiger partial charge on any atom is 0.237 e. The highest BCUT2D eigenvalue weighted by molar-refractivity contribution is 7.98. The van der Waals surface area contributed by atoms with Gasteiger partial charge in [-0.1, -0.05) is 0 Å². The Labute approximate surface area is 106 Å². The summed E-state index contributed by atoms with van der Waals surface area (Å²) < 4.78 is 1.93. The number of imidazole rings is 1. The van der Waals surface area contributed by atoms with Crippen LogP contribution in [0.2, 0.25) is 0 Å². The van der Waals surface area contributed by atoms with Crippen LogP contribution in [0.4, 0.5) is 0 Å². The van der Waals surface area contributed by atoms with Gasteiger partial charge >= 0.3 is 0 Å². The summed E-state index contributed by atoms with van der Waals surface area (Å²) in [7, 11) is 0. The maximum atomic E-state index is 11.7. The summed E-state index contributed by atoms with van der Waals surface area (Å²) in [6.07, 6.45) is 8.04. The highest BCUT2D eigenvalue weighted by atomic mass is 32.2. The Hall–Kier alpha value is -1.01. The monoisotopic (exact) mass is 256 g/mol. The van der Waals surface area contributed by atoms with E-state index in [1.165, 1.54) is 0 Å². The molecule has 0 radical (unpaired) electrons. The molecule has 1 amide bonds. The first kappa shape index (κ1) is 14.1. The van der Waals surface area contributed by atoms with Gasteiger partial charge < -0.3 is 15.6 Å². The van der Waals surface area contributed by atoms with E-state index in [0.29, 0.717) is 13.0 Å². The van der Waals surface area contributed by atoms with Gasteiger partial charge in [0.1, 0.15) is 0 Å². The first-order valence-corrected chi connectivity index (χ1v) is 7.03. The third-order valence-corrected chi connectivity index (χ3v) is 3.05. The van der Waals surface area contributed by atoms with E-state index >= 15 is 0 Å².